The standard InChI is InChI=1S/C15H12Cl2N2O2/c16-9-3-1-8(2-4-9)7-21-13-6-12-10(5-11(13)17)14(18)15(20)19-12/h1-6,14H,7,18H2,(H,19,20). The molecule has 2 aromatic rings. The first kappa shape index (κ1) is 14.2. The Morgan fingerprint density at radius 1 is 1.19 bits per heavy atom. The van der Waals surface area contributed by atoms with Crippen LogP contribution < -0.4 is 15.8 Å². The fraction of sp³-hybridized carbons (Fsp3) is 0.133. The Hall–Kier alpha value is -1.75. The number of halogens is 2. The summed E-state index contributed by atoms with van der Waals surface area (Å²) in [4.78, 5) is 11.5. The van der Waals surface area contributed by atoms with Crippen LogP contribution in [0.1, 0.15) is 17.2 Å². The zero-order valence-electron chi connectivity index (χ0n) is 10.9. The SMILES string of the molecule is NC1C(=O)Nc2cc(OCc3ccc(Cl)cc3)c(Cl)cc21. The predicted octanol–water partition coefficient (Wildman–Crippen LogP) is 3.52. The van der Waals surface area contributed by atoms with Crippen molar-refractivity contribution in [3.63, 3.8) is 0 Å². The highest BCUT2D eigenvalue weighted by Crippen LogP contribution is 2.37. The minimum absolute atomic E-state index is 0.240. The van der Waals surface area contributed by atoms with E-state index in [1.165, 1.54) is 0 Å². The van der Waals surface area contributed by atoms with Gasteiger partial charge < -0.3 is 15.8 Å². The van der Waals surface area contributed by atoms with Crippen molar-refractivity contribution in [3.05, 3.63) is 57.6 Å². The highest BCUT2D eigenvalue weighted by atomic mass is 35.5. The molecule has 1 aliphatic rings. The Morgan fingerprint density at radius 2 is 1.90 bits per heavy atom. The normalized spacial score (nSPS) is 16.5. The number of carbonyl (C=O) groups is 1. The van der Waals surface area contributed by atoms with Crippen molar-refractivity contribution in [1.29, 1.82) is 0 Å². The minimum Gasteiger partial charge on any atom is -0.487 e. The van der Waals surface area contributed by atoms with Crippen LogP contribution in [-0.4, -0.2) is 5.91 Å². The summed E-state index contributed by atoms with van der Waals surface area (Å²) < 4.78 is 5.69. The molecule has 2 aromatic carbocycles. The molecule has 3 rings (SSSR count). The van der Waals surface area contributed by atoms with Crippen molar-refractivity contribution in [3.8, 4) is 5.75 Å². The van der Waals surface area contributed by atoms with Gasteiger partial charge in [0.2, 0.25) is 5.91 Å². The van der Waals surface area contributed by atoms with Crippen LogP contribution in [0, 0.1) is 0 Å². The second kappa shape index (κ2) is 5.56. The maximum atomic E-state index is 11.5. The molecule has 0 aromatic heterocycles. The first-order chi connectivity index (χ1) is 10.0. The smallest absolute Gasteiger partial charge is 0.245 e. The molecular weight excluding hydrogens is 311 g/mol. The third kappa shape index (κ3) is 2.83. The molecule has 6 heteroatoms. The number of nitrogens with two attached hydrogens (primary N) is 1. The van der Waals surface area contributed by atoms with Gasteiger partial charge in [0, 0.05) is 22.3 Å². The van der Waals surface area contributed by atoms with Crippen LogP contribution in [0.15, 0.2) is 36.4 Å². The van der Waals surface area contributed by atoms with E-state index in [0.717, 1.165) is 5.56 Å². The average molecular weight is 323 g/mol. The molecule has 1 heterocycles. The van der Waals surface area contributed by atoms with Gasteiger partial charge in [-0.25, -0.2) is 0 Å². The van der Waals surface area contributed by atoms with Crippen LogP contribution in [0.3, 0.4) is 0 Å². The molecule has 1 amide bonds. The van der Waals surface area contributed by atoms with Gasteiger partial charge in [-0.1, -0.05) is 35.3 Å². The van der Waals surface area contributed by atoms with E-state index in [-0.39, 0.29) is 5.91 Å². The topological polar surface area (TPSA) is 64.4 Å². The Morgan fingerprint density at radius 3 is 2.62 bits per heavy atom. The van der Waals surface area contributed by atoms with Crippen molar-refractivity contribution < 1.29 is 9.53 Å². The van der Waals surface area contributed by atoms with Gasteiger partial charge in [-0.2, -0.15) is 0 Å². The summed E-state index contributed by atoms with van der Waals surface area (Å²) in [6, 6.07) is 10.0. The zero-order valence-corrected chi connectivity index (χ0v) is 12.4. The lowest BCUT2D eigenvalue weighted by Gasteiger charge is -2.11. The molecule has 4 nitrogen and oxygen atoms in total. The average Bonchev–Trinajstić information content (AvgIpc) is 2.73. The van der Waals surface area contributed by atoms with Crippen molar-refractivity contribution in [2.45, 2.75) is 12.6 Å². The van der Waals surface area contributed by atoms with Gasteiger partial charge in [0.1, 0.15) is 18.4 Å². The number of fused-ring (bicyclic) bond motifs is 1. The fourth-order valence-corrected chi connectivity index (χ4v) is 2.49. The van der Waals surface area contributed by atoms with E-state index in [1.54, 1.807) is 24.3 Å². The molecular formula is C15H12Cl2N2O2. The Kier molecular flexibility index (Phi) is 3.76. The van der Waals surface area contributed by atoms with Crippen molar-refractivity contribution in [1.82, 2.24) is 0 Å². The van der Waals surface area contributed by atoms with E-state index in [2.05, 4.69) is 5.32 Å². The van der Waals surface area contributed by atoms with Crippen LogP contribution >= 0.6 is 23.2 Å². The molecule has 0 radical (unpaired) electrons. The van der Waals surface area contributed by atoms with E-state index in [0.29, 0.717) is 33.7 Å². The van der Waals surface area contributed by atoms with Gasteiger partial charge in [-0.3, -0.25) is 4.79 Å². The maximum Gasteiger partial charge on any atom is 0.245 e. The molecule has 1 aliphatic heterocycles. The number of hydrogen-bond donors (Lipinski definition) is 2. The first-order valence-corrected chi connectivity index (χ1v) is 7.07. The summed E-state index contributed by atoms with van der Waals surface area (Å²) in [5.41, 5.74) is 8.06. The molecule has 108 valence electrons. The monoisotopic (exact) mass is 322 g/mol. The number of nitrogens with one attached hydrogen (secondary N) is 1. The number of ether oxygens (including phenoxy) is 1. The number of hydrogen-bond acceptors (Lipinski definition) is 3. The van der Waals surface area contributed by atoms with E-state index in [1.807, 2.05) is 12.1 Å². The Balaban J connectivity index is 1.79. The number of rotatable bonds is 3. The quantitative estimate of drug-likeness (QED) is 0.908. The van der Waals surface area contributed by atoms with Gasteiger partial charge in [0.05, 0.1) is 5.02 Å². The summed E-state index contributed by atoms with van der Waals surface area (Å²) in [5, 5.41) is 3.80. The molecule has 0 saturated carbocycles. The van der Waals surface area contributed by atoms with Crippen LogP contribution in [0.2, 0.25) is 10.0 Å². The Labute approximate surface area is 131 Å². The van der Waals surface area contributed by atoms with Gasteiger partial charge in [-0.05, 0) is 23.8 Å². The highest BCUT2D eigenvalue weighted by molar-refractivity contribution is 6.32. The van der Waals surface area contributed by atoms with Crippen LogP contribution in [0.4, 0.5) is 5.69 Å². The first-order valence-electron chi connectivity index (χ1n) is 6.32. The lowest BCUT2D eigenvalue weighted by molar-refractivity contribution is -0.116. The third-order valence-electron chi connectivity index (χ3n) is 3.29. The largest absolute Gasteiger partial charge is 0.487 e. The number of amides is 1. The minimum atomic E-state index is -0.678. The van der Waals surface area contributed by atoms with Gasteiger partial charge in [-0.15, -0.1) is 0 Å². The second-order valence-electron chi connectivity index (χ2n) is 4.75. The predicted molar refractivity (Wildman–Crippen MR) is 82.8 cm³/mol. The van der Waals surface area contributed by atoms with Crippen molar-refractivity contribution in [2.24, 2.45) is 5.73 Å². The molecule has 1 atom stereocenters. The Bertz CT molecular complexity index is 702. The molecule has 0 spiro atoms. The zero-order chi connectivity index (χ0) is 15.0. The molecule has 0 aliphatic carbocycles. The summed E-state index contributed by atoms with van der Waals surface area (Å²) in [5.74, 6) is 0.260. The van der Waals surface area contributed by atoms with E-state index < -0.39 is 6.04 Å². The van der Waals surface area contributed by atoms with Crippen molar-refractivity contribution in [2.75, 3.05) is 5.32 Å². The maximum absolute atomic E-state index is 11.5. The molecule has 0 saturated heterocycles. The van der Waals surface area contributed by atoms with Gasteiger partial charge in [0.15, 0.2) is 0 Å². The van der Waals surface area contributed by atoms with Crippen LogP contribution in [0.5, 0.6) is 5.75 Å². The van der Waals surface area contributed by atoms with Crippen LogP contribution in [-0.2, 0) is 11.4 Å². The summed E-state index contributed by atoms with van der Waals surface area (Å²) in [7, 11) is 0. The van der Waals surface area contributed by atoms with Crippen molar-refractivity contribution >= 4 is 34.8 Å². The highest BCUT2D eigenvalue weighted by Gasteiger charge is 2.28. The molecule has 0 bridgehead atoms. The lowest BCUT2D eigenvalue weighted by Crippen LogP contribution is -2.19. The lowest BCUT2D eigenvalue weighted by atomic mass is 10.1. The van der Waals surface area contributed by atoms with E-state index in [9.17, 15) is 4.79 Å². The number of carbonyl (C=O) groups excluding carboxylic acids is 1. The summed E-state index contributed by atoms with van der Waals surface area (Å²) >= 11 is 12.0. The third-order valence-corrected chi connectivity index (χ3v) is 3.83. The molecule has 21 heavy (non-hydrogen) atoms. The van der Waals surface area contributed by atoms with Gasteiger partial charge >= 0.3 is 0 Å². The van der Waals surface area contributed by atoms with E-state index >= 15 is 0 Å². The second-order valence-corrected chi connectivity index (χ2v) is 5.60. The summed E-state index contributed by atoms with van der Waals surface area (Å²) in [6.07, 6.45) is 0. The number of benzene rings is 2. The van der Waals surface area contributed by atoms with Crippen LogP contribution in [0.25, 0.3) is 0 Å². The fourth-order valence-electron chi connectivity index (χ4n) is 2.14. The molecule has 1 unspecified atom stereocenters. The van der Waals surface area contributed by atoms with Gasteiger partial charge in [0.25, 0.3) is 0 Å². The molecule has 3 N–H and O–H groups in total. The summed E-state index contributed by atoms with van der Waals surface area (Å²) in [6.45, 7) is 0.357. The number of anilines is 1. The molecule has 0 fully saturated rings. The van der Waals surface area contributed by atoms with E-state index in [4.69, 9.17) is 33.7 Å².